The molecule has 0 aliphatic carbocycles. The number of hydrogen-bond acceptors (Lipinski definition) is 8. The molecule has 0 aromatic heterocycles. The summed E-state index contributed by atoms with van der Waals surface area (Å²) in [6.45, 7) is 0.0518. The van der Waals surface area contributed by atoms with Gasteiger partial charge in [-0.25, -0.2) is 9.52 Å². The highest BCUT2D eigenvalue weighted by atomic mass is 32.2. The van der Waals surface area contributed by atoms with Crippen LogP contribution in [0.5, 0.6) is 17.2 Å². The van der Waals surface area contributed by atoms with Crippen molar-refractivity contribution in [2.45, 2.75) is 24.9 Å². The van der Waals surface area contributed by atoms with Gasteiger partial charge in [-0.15, -0.1) is 0 Å². The molecular formula is C35H37N5O8S. The van der Waals surface area contributed by atoms with E-state index < -0.39 is 40.1 Å². The smallest absolute Gasteiger partial charge is 0.330 e. The van der Waals surface area contributed by atoms with Crippen LogP contribution in [0, 0.1) is 0 Å². The van der Waals surface area contributed by atoms with Crippen LogP contribution in [0.1, 0.15) is 11.1 Å². The average Bonchev–Trinajstić information content (AvgIpc) is 3.58. The van der Waals surface area contributed by atoms with Gasteiger partial charge in [-0.05, 0) is 53.9 Å². The van der Waals surface area contributed by atoms with Crippen molar-refractivity contribution in [3.05, 3.63) is 114 Å². The number of hydrogen-bond donors (Lipinski definition) is 3. The molecule has 1 unspecified atom stereocenters. The van der Waals surface area contributed by atoms with Gasteiger partial charge in [0.05, 0.1) is 7.11 Å². The Bertz CT molecular complexity index is 1880. The zero-order valence-corrected chi connectivity index (χ0v) is 28.0. The third-order valence-electron chi connectivity index (χ3n) is 7.86. The van der Waals surface area contributed by atoms with E-state index in [0.717, 1.165) is 5.56 Å². The van der Waals surface area contributed by atoms with E-state index in [4.69, 9.17) is 14.2 Å². The van der Waals surface area contributed by atoms with Crippen LogP contribution < -0.4 is 38.8 Å². The minimum atomic E-state index is -4.64. The maximum absolute atomic E-state index is 13.8. The molecule has 5 rings (SSSR count). The second-order valence-electron chi connectivity index (χ2n) is 11.2. The summed E-state index contributed by atoms with van der Waals surface area (Å²) in [6.07, 6.45) is 0.0649. The number of urea groups is 1. The molecule has 4 amide bonds. The zero-order chi connectivity index (χ0) is 35.0. The van der Waals surface area contributed by atoms with Gasteiger partial charge in [0.1, 0.15) is 17.8 Å². The average molecular weight is 688 g/mol. The van der Waals surface area contributed by atoms with Gasteiger partial charge >= 0.3 is 16.2 Å². The molecule has 0 bridgehead atoms. The molecular weight excluding hydrogens is 650 g/mol. The molecule has 0 saturated heterocycles. The SMILES string of the molecule is COc1ccc(N(C)C(=O)C(Cc2ccccc2)NC(=O)NS(=O)(=O)N[C@@H](Cc2ccccc2)C(=O)N(C)c2ccc3c(c2)OCO3)cc1. The number of benzene rings is 4. The quantitative estimate of drug-likeness (QED) is 0.193. The maximum atomic E-state index is 13.8. The van der Waals surface area contributed by atoms with Crippen LogP contribution in [0.25, 0.3) is 0 Å². The second kappa shape index (κ2) is 15.5. The lowest BCUT2D eigenvalue weighted by Gasteiger charge is -2.26. The molecule has 256 valence electrons. The monoisotopic (exact) mass is 687 g/mol. The molecule has 4 aromatic rings. The van der Waals surface area contributed by atoms with Gasteiger partial charge in [0.2, 0.25) is 18.6 Å². The molecule has 0 fully saturated rings. The molecule has 2 atom stereocenters. The first-order valence-electron chi connectivity index (χ1n) is 15.3. The number of fused-ring (bicyclic) bond motifs is 1. The van der Waals surface area contributed by atoms with Crippen LogP contribution in [0.4, 0.5) is 16.2 Å². The van der Waals surface area contributed by atoms with Crippen molar-refractivity contribution in [1.82, 2.24) is 14.8 Å². The molecule has 0 saturated carbocycles. The number of anilines is 2. The second-order valence-corrected chi connectivity index (χ2v) is 12.7. The summed E-state index contributed by atoms with van der Waals surface area (Å²) in [5.41, 5.74) is 2.40. The number of nitrogens with zero attached hydrogens (tertiary/aromatic N) is 2. The van der Waals surface area contributed by atoms with E-state index in [1.54, 1.807) is 104 Å². The summed E-state index contributed by atoms with van der Waals surface area (Å²) in [7, 11) is -0.0499. The Balaban J connectivity index is 1.32. The van der Waals surface area contributed by atoms with E-state index in [9.17, 15) is 22.8 Å². The Hall–Kier alpha value is -5.60. The topological polar surface area (TPSA) is 156 Å². The van der Waals surface area contributed by atoms with Crippen molar-refractivity contribution in [1.29, 1.82) is 0 Å². The molecule has 0 spiro atoms. The van der Waals surface area contributed by atoms with Gasteiger partial charge < -0.3 is 29.3 Å². The number of rotatable bonds is 13. The Morgan fingerprint density at radius 1 is 0.735 bits per heavy atom. The van der Waals surface area contributed by atoms with Crippen molar-refractivity contribution in [2.24, 2.45) is 0 Å². The summed E-state index contributed by atoms with van der Waals surface area (Å²) in [6, 6.07) is 25.9. The highest BCUT2D eigenvalue weighted by Gasteiger charge is 2.31. The molecule has 49 heavy (non-hydrogen) atoms. The van der Waals surface area contributed by atoms with Crippen LogP contribution in [0.2, 0.25) is 0 Å². The van der Waals surface area contributed by atoms with Crippen LogP contribution in [-0.4, -0.2) is 66.3 Å². The first kappa shape index (κ1) is 34.7. The van der Waals surface area contributed by atoms with E-state index in [1.165, 1.54) is 24.0 Å². The summed E-state index contributed by atoms with van der Waals surface area (Å²) < 4.78 is 47.0. The normalized spacial score (nSPS) is 13.1. The highest BCUT2D eigenvalue weighted by molar-refractivity contribution is 7.88. The molecule has 14 heteroatoms. The Kier molecular flexibility index (Phi) is 11.0. The largest absolute Gasteiger partial charge is 0.497 e. The maximum Gasteiger partial charge on any atom is 0.330 e. The van der Waals surface area contributed by atoms with Crippen molar-refractivity contribution >= 4 is 39.4 Å². The molecule has 1 aliphatic heterocycles. The fourth-order valence-electron chi connectivity index (χ4n) is 5.23. The van der Waals surface area contributed by atoms with Gasteiger partial charge in [-0.3, -0.25) is 9.59 Å². The number of carbonyl (C=O) groups excluding carboxylic acids is 3. The van der Waals surface area contributed by atoms with Crippen LogP contribution in [-0.2, 0) is 32.6 Å². The minimum Gasteiger partial charge on any atom is -0.497 e. The minimum absolute atomic E-state index is 0.0150. The van der Waals surface area contributed by atoms with Crippen molar-refractivity contribution < 1.29 is 37.0 Å². The first-order chi connectivity index (χ1) is 23.5. The Labute approximate surface area is 285 Å². The lowest BCUT2D eigenvalue weighted by atomic mass is 10.0. The first-order valence-corrected chi connectivity index (χ1v) is 16.8. The van der Waals surface area contributed by atoms with Crippen molar-refractivity contribution in [3.8, 4) is 17.2 Å². The van der Waals surface area contributed by atoms with Crippen LogP contribution >= 0.6 is 0 Å². The molecule has 4 aromatic carbocycles. The number of carbonyl (C=O) groups is 3. The predicted octanol–water partition coefficient (Wildman–Crippen LogP) is 3.41. The predicted molar refractivity (Wildman–Crippen MR) is 184 cm³/mol. The number of ether oxygens (including phenoxy) is 3. The van der Waals surface area contributed by atoms with Gasteiger partial charge in [-0.1, -0.05) is 60.7 Å². The fourth-order valence-corrected chi connectivity index (χ4v) is 6.15. The summed E-state index contributed by atoms with van der Waals surface area (Å²) in [5.74, 6) is 0.504. The number of nitrogens with one attached hydrogen (secondary N) is 3. The summed E-state index contributed by atoms with van der Waals surface area (Å²) in [4.78, 5) is 43.3. The molecule has 0 radical (unpaired) electrons. The third-order valence-corrected chi connectivity index (χ3v) is 8.90. The van der Waals surface area contributed by atoms with E-state index in [-0.39, 0.29) is 19.6 Å². The van der Waals surface area contributed by atoms with Gasteiger partial charge in [0.25, 0.3) is 0 Å². The van der Waals surface area contributed by atoms with Gasteiger partial charge in [0.15, 0.2) is 11.5 Å². The third kappa shape index (κ3) is 9.06. The lowest BCUT2D eigenvalue weighted by molar-refractivity contribution is -0.120. The summed E-state index contributed by atoms with van der Waals surface area (Å²) >= 11 is 0. The number of likely N-dealkylation sites (N-methyl/N-ethyl adjacent to an activating group) is 2. The number of amides is 4. The summed E-state index contributed by atoms with van der Waals surface area (Å²) in [5, 5.41) is 2.51. The highest BCUT2D eigenvalue weighted by Crippen LogP contribution is 2.35. The Morgan fingerprint density at radius 2 is 1.27 bits per heavy atom. The van der Waals surface area contributed by atoms with Crippen molar-refractivity contribution in [3.63, 3.8) is 0 Å². The van der Waals surface area contributed by atoms with E-state index in [1.807, 2.05) is 10.8 Å². The molecule has 1 heterocycles. The van der Waals surface area contributed by atoms with E-state index in [0.29, 0.717) is 34.2 Å². The molecule has 13 nitrogen and oxygen atoms in total. The standard InChI is InChI=1S/C35H37N5O8S/c1-39(26-14-17-28(46-3)18-15-26)33(41)29(20-24-10-6-4-7-11-24)36-35(43)38-49(44,45)37-30(21-25-12-8-5-9-13-25)34(42)40(2)27-16-19-31-32(22-27)48-23-47-31/h4-19,22,29-30,37H,20-21,23H2,1-3H3,(H2,36,38,43)/t29?,30-/m0/s1. The molecule has 1 aliphatic rings. The Morgan fingerprint density at radius 3 is 1.88 bits per heavy atom. The van der Waals surface area contributed by atoms with Crippen LogP contribution in [0.15, 0.2) is 103 Å². The van der Waals surface area contributed by atoms with Gasteiger partial charge in [-0.2, -0.15) is 13.1 Å². The van der Waals surface area contributed by atoms with Gasteiger partial charge in [0, 0.05) is 38.0 Å². The molecule has 3 N–H and O–H groups in total. The van der Waals surface area contributed by atoms with Crippen molar-refractivity contribution in [2.75, 3.05) is 37.8 Å². The fraction of sp³-hybridized carbons (Fsp3) is 0.229. The van der Waals surface area contributed by atoms with Crippen LogP contribution in [0.3, 0.4) is 0 Å². The lowest BCUT2D eigenvalue weighted by Crippen LogP contribution is -2.57. The van der Waals surface area contributed by atoms with E-state index in [2.05, 4.69) is 10.0 Å². The number of methoxy groups -OCH3 is 1. The zero-order valence-electron chi connectivity index (χ0n) is 27.2. The van der Waals surface area contributed by atoms with E-state index >= 15 is 0 Å².